The van der Waals surface area contributed by atoms with E-state index in [2.05, 4.69) is 5.32 Å². The largest absolute Gasteiger partial charge is 0.497 e. The van der Waals surface area contributed by atoms with E-state index in [4.69, 9.17) is 4.74 Å². The molecule has 0 aliphatic heterocycles. The predicted molar refractivity (Wildman–Crippen MR) is 110 cm³/mol. The van der Waals surface area contributed by atoms with Gasteiger partial charge in [-0.3, -0.25) is 18.7 Å². The summed E-state index contributed by atoms with van der Waals surface area (Å²) in [5, 5.41) is 3.24. The molecular formula is C20H23N3O4S. The van der Waals surface area contributed by atoms with Crippen molar-refractivity contribution in [3.05, 3.63) is 61.6 Å². The number of ether oxygens (including phenoxy) is 1. The number of hydrogen-bond donors (Lipinski definition) is 1. The van der Waals surface area contributed by atoms with Gasteiger partial charge in [0.05, 0.1) is 17.4 Å². The molecule has 0 atom stereocenters. The third kappa shape index (κ3) is 3.87. The molecule has 7 nitrogen and oxygen atoms in total. The minimum Gasteiger partial charge on any atom is -0.497 e. The highest BCUT2D eigenvalue weighted by atomic mass is 32.1. The van der Waals surface area contributed by atoms with Crippen LogP contribution in [0.1, 0.15) is 29.1 Å². The van der Waals surface area contributed by atoms with Crippen molar-refractivity contribution in [1.29, 1.82) is 0 Å². The number of thiophene rings is 1. The van der Waals surface area contributed by atoms with Crippen molar-refractivity contribution >= 4 is 27.5 Å². The van der Waals surface area contributed by atoms with Crippen LogP contribution in [-0.2, 0) is 20.1 Å². The summed E-state index contributed by atoms with van der Waals surface area (Å²) in [5.74, 6) is 0.631. The Bertz CT molecular complexity index is 1120. The zero-order valence-corrected chi connectivity index (χ0v) is 17.1. The third-order valence-electron chi connectivity index (χ3n) is 4.39. The molecule has 28 heavy (non-hydrogen) atoms. The average Bonchev–Trinajstić information content (AvgIpc) is 3.14. The van der Waals surface area contributed by atoms with Gasteiger partial charge < -0.3 is 10.1 Å². The van der Waals surface area contributed by atoms with Gasteiger partial charge in [-0.1, -0.05) is 26.0 Å². The SMILES string of the molecule is COc1ccc(CNC(=O)c2cc3c(=O)n(CC(C)C)c(=O)n(C)c3s2)cc1. The number of hydrogen-bond acceptors (Lipinski definition) is 5. The number of rotatable bonds is 6. The maximum atomic E-state index is 12.7. The van der Waals surface area contributed by atoms with Crippen LogP contribution in [0, 0.1) is 5.92 Å². The maximum absolute atomic E-state index is 12.7. The Labute approximate surface area is 166 Å². The van der Waals surface area contributed by atoms with Gasteiger partial charge in [-0.15, -0.1) is 11.3 Å². The molecule has 1 amide bonds. The van der Waals surface area contributed by atoms with Gasteiger partial charge in [0, 0.05) is 20.1 Å². The van der Waals surface area contributed by atoms with Gasteiger partial charge in [0.2, 0.25) is 0 Å². The molecule has 0 saturated carbocycles. The second kappa shape index (κ2) is 8.02. The van der Waals surface area contributed by atoms with Gasteiger partial charge in [-0.05, 0) is 29.7 Å². The topological polar surface area (TPSA) is 82.3 Å². The van der Waals surface area contributed by atoms with E-state index in [1.165, 1.54) is 9.13 Å². The van der Waals surface area contributed by atoms with Crippen LogP contribution in [0.3, 0.4) is 0 Å². The summed E-state index contributed by atoms with van der Waals surface area (Å²) in [5.41, 5.74) is 0.220. The van der Waals surface area contributed by atoms with Crippen molar-refractivity contribution < 1.29 is 9.53 Å². The molecule has 0 spiro atoms. The van der Waals surface area contributed by atoms with Gasteiger partial charge >= 0.3 is 5.69 Å². The van der Waals surface area contributed by atoms with Crippen molar-refractivity contribution in [3.8, 4) is 5.75 Å². The molecule has 3 rings (SSSR count). The Balaban J connectivity index is 1.87. The Kier molecular flexibility index (Phi) is 5.69. The quantitative estimate of drug-likeness (QED) is 0.687. The lowest BCUT2D eigenvalue weighted by Gasteiger charge is -2.09. The fraction of sp³-hybridized carbons (Fsp3) is 0.350. The predicted octanol–water partition coefficient (Wildman–Crippen LogP) is 2.36. The van der Waals surface area contributed by atoms with Crippen molar-refractivity contribution in [2.45, 2.75) is 26.9 Å². The molecule has 148 valence electrons. The molecule has 0 aliphatic carbocycles. The van der Waals surface area contributed by atoms with E-state index >= 15 is 0 Å². The summed E-state index contributed by atoms with van der Waals surface area (Å²) in [4.78, 5) is 38.7. The lowest BCUT2D eigenvalue weighted by molar-refractivity contribution is 0.0955. The van der Waals surface area contributed by atoms with E-state index in [9.17, 15) is 14.4 Å². The molecule has 1 aromatic carbocycles. The summed E-state index contributed by atoms with van der Waals surface area (Å²) in [6.07, 6.45) is 0. The lowest BCUT2D eigenvalue weighted by atomic mass is 10.2. The molecule has 0 bridgehead atoms. The summed E-state index contributed by atoms with van der Waals surface area (Å²) in [7, 11) is 3.22. The number of fused-ring (bicyclic) bond motifs is 1. The van der Waals surface area contributed by atoms with Crippen molar-refractivity contribution in [1.82, 2.24) is 14.5 Å². The van der Waals surface area contributed by atoms with Gasteiger partial charge in [-0.25, -0.2) is 4.79 Å². The molecule has 3 aromatic rings. The number of aromatic nitrogens is 2. The Morgan fingerprint density at radius 3 is 2.50 bits per heavy atom. The zero-order valence-electron chi connectivity index (χ0n) is 16.3. The third-order valence-corrected chi connectivity index (χ3v) is 5.60. The molecule has 1 N–H and O–H groups in total. The van der Waals surface area contributed by atoms with Crippen LogP contribution < -0.4 is 21.3 Å². The van der Waals surface area contributed by atoms with Crippen LogP contribution in [0.2, 0.25) is 0 Å². The molecule has 2 heterocycles. The molecule has 0 fully saturated rings. The molecule has 8 heteroatoms. The normalized spacial score (nSPS) is 11.2. The van der Waals surface area contributed by atoms with Gasteiger partial charge in [0.25, 0.3) is 11.5 Å². The molecule has 0 radical (unpaired) electrons. The molecule has 2 aromatic heterocycles. The highest BCUT2D eigenvalue weighted by molar-refractivity contribution is 7.20. The standard InChI is InChI=1S/C20H23N3O4S/c1-12(2)11-23-18(25)15-9-16(28-19(15)22(3)20(23)26)17(24)21-10-13-5-7-14(27-4)8-6-13/h5-9,12H,10-11H2,1-4H3,(H,21,24). The van der Waals surface area contributed by atoms with E-state index in [1.54, 1.807) is 20.2 Å². The summed E-state index contributed by atoms with van der Waals surface area (Å²) >= 11 is 1.15. The summed E-state index contributed by atoms with van der Waals surface area (Å²) < 4.78 is 7.79. The van der Waals surface area contributed by atoms with Gasteiger partial charge in [-0.2, -0.15) is 0 Å². The monoisotopic (exact) mass is 401 g/mol. The van der Waals surface area contributed by atoms with Crippen molar-refractivity contribution in [3.63, 3.8) is 0 Å². The highest BCUT2D eigenvalue weighted by Gasteiger charge is 2.18. The number of nitrogens with zero attached hydrogens (tertiary/aromatic N) is 2. The Morgan fingerprint density at radius 1 is 1.21 bits per heavy atom. The average molecular weight is 401 g/mol. The van der Waals surface area contributed by atoms with E-state index in [0.717, 1.165) is 22.6 Å². The number of benzene rings is 1. The first kappa shape index (κ1) is 19.9. The zero-order chi connectivity index (χ0) is 20.4. The minimum atomic E-state index is -0.363. The van der Waals surface area contributed by atoms with Crippen LogP contribution in [0.5, 0.6) is 5.75 Å². The highest BCUT2D eigenvalue weighted by Crippen LogP contribution is 2.22. The van der Waals surface area contributed by atoms with E-state index < -0.39 is 0 Å². The second-order valence-electron chi connectivity index (χ2n) is 7.01. The lowest BCUT2D eigenvalue weighted by Crippen LogP contribution is -2.39. The number of carbonyl (C=O) groups is 1. The molecular weight excluding hydrogens is 378 g/mol. The van der Waals surface area contributed by atoms with Crippen LogP contribution in [0.25, 0.3) is 10.2 Å². The van der Waals surface area contributed by atoms with Crippen LogP contribution in [0.4, 0.5) is 0 Å². The fourth-order valence-electron chi connectivity index (χ4n) is 2.93. The van der Waals surface area contributed by atoms with Crippen molar-refractivity contribution in [2.24, 2.45) is 13.0 Å². The molecule has 0 saturated heterocycles. The van der Waals surface area contributed by atoms with Crippen LogP contribution in [0.15, 0.2) is 39.9 Å². The summed E-state index contributed by atoms with van der Waals surface area (Å²) in [6, 6.07) is 8.97. The summed E-state index contributed by atoms with van der Waals surface area (Å²) in [6.45, 7) is 4.59. The fourth-order valence-corrected chi connectivity index (χ4v) is 3.96. The van der Waals surface area contributed by atoms with Gasteiger partial charge in [0.1, 0.15) is 10.6 Å². The van der Waals surface area contributed by atoms with E-state index in [0.29, 0.717) is 28.2 Å². The van der Waals surface area contributed by atoms with Crippen molar-refractivity contribution in [2.75, 3.05) is 7.11 Å². The first-order valence-corrected chi connectivity index (χ1v) is 9.78. The van der Waals surface area contributed by atoms with E-state index in [1.807, 2.05) is 38.1 Å². The minimum absolute atomic E-state index is 0.161. The van der Waals surface area contributed by atoms with E-state index in [-0.39, 0.29) is 23.1 Å². The van der Waals surface area contributed by atoms with Crippen LogP contribution >= 0.6 is 11.3 Å². The Morgan fingerprint density at radius 2 is 1.89 bits per heavy atom. The first-order chi connectivity index (χ1) is 13.3. The number of aryl methyl sites for hydroxylation is 1. The number of carbonyl (C=O) groups excluding carboxylic acids is 1. The number of methoxy groups -OCH3 is 1. The number of amides is 1. The van der Waals surface area contributed by atoms with Gasteiger partial charge in [0.15, 0.2) is 0 Å². The maximum Gasteiger partial charge on any atom is 0.331 e. The second-order valence-corrected chi connectivity index (χ2v) is 8.04. The smallest absolute Gasteiger partial charge is 0.331 e. The first-order valence-electron chi connectivity index (χ1n) is 8.96. The van der Waals surface area contributed by atoms with Crippen LogP contribution in [-0.4, -0.2) is 22.2 Å². The number of nitrogens with one attached hydrogen (secondary N) is 1. The molecule has 0 aliphatic rings. The molecule has 0 unspecified atom stereocenters. The Hall–Kier alpha value is -2.87.